The summed E-state index contributed by atoms with van der Waals surface area (Å²) in [5.74, 6) is -1.26. The lowest BCUT2D eigenvalue weighted by molar-refractivity contribution is -0.129. The Balaban J connectivity index is 1.50. The third kappa shape index (κ3) is 4.73. The lowest BCUT2D eigenvalue weighted by Gasteiger charge is -2.26. The molecule has 2 aromatic carbocycles. The molecular weight excluding hydrogens is 502 g/mol. The van der Waals surface area contributed by atoms with E-state index < -0.39 is 21.5 Å². The lowest BCUT2D eigenvalue weighted by atomic mass is 10.0. The van der Waals surface area contributed by atoms with E-state index in [9.17, 15) is 18.0 Å². The normalized spacial score (nSPS) is 13.6. The van der Waals surface area contributed by atoms with Crippen molar-refractivity contribution < 1.29 is 18.0 Å². The minimum atomic E-state index is -3.79. The van der Waals surface area contributed by atoms with Crippen molar-refractivity contribution in [1.29, 1.82) is 0 Å². The van der Waals surface area contributed by atoms with Crippen LogP contribution in [0.1, 0.15) is 22.9 Å². The number of fused-ring (bicyclic) bond motifs is 2. The number of hydrogen-bond acceptors (Lipinski definition) is 7. The molecule has 0 fully saturated rings. The van der Waals surface area contributed by atoms with E-state index in [0.29, 0.717) is 24.5 Å². The summed E-state index contributed by atoms with van der Waals surface area (Å²) in [6.45, 7) is 4.47. The molecular formula is C25H23N3O4S3. The van der Waals surface area contributed by atoms with E-state index in [4.69, 9.17) is 4.98 Å². The first-order chi connectivity index (χ1) is 16.7. The van der Waals surface area contributed by atoms with Gasteiger partial charge in [0, 0.05) is 23.9 Å². The zero-order valence-corrected chi connectivity index (χ0v) is 21.6. The Hall–Kier alpha value is -3.08. The van der Waals surface area contributed by atoms with E-state index in [2.05, 4.69) is 5.32 Å². The van der Waals surface area contributed by atoms with Crippen molar-refractivity contribution >= 4 is 59.5 Å². The summed E-state index contributed by atoms with van der Waals surface area (Å²) in [6, 6.07) is 14.3. The second-order valence-electron chi connectivity index (χ2n) is 8.51. The fourth-order valence-electron chi connectivity index (χ4n) is 4.13. The monoisotopic (exact) mass is 525 g/mol. The zero-order chi connectivity index (χ0) is 24.7. The smallest absolute Gasteiger partial charge is 0.240 e. The Morgan fingerprint density at radius 2 is 1.83 bits per heavy atom. The number of anilines is 1. The van der Waals surface area contributed by atoms with Crippen molar-refractivity contribution in [3.8, 4) is 10.6 Å². The molecule has 35 heavy (non-hydrogen) atoms. The molecule has 1 aliphatic rings. The van der Waals surface area contributed by atoms with E-state index in [-0.39, 0.29) is 10.8 Å². The molecule has 0 atom stereocenters. The van der Waals surface area contributed by atoms with Gasteiger partial charge in [-0.3, -0.25) is 9.59 Å². The first-order valence-corrected chi connectivity index (χ1v) is 14.3. The third-order valence-electron chi connectivity index (χ3n) is 5.96. The van der Waals surface area contributed by atoms with Gasteiger partial charge in [0.05, 0.1) is 21.7 Å². The van der Waals surface area contributed by atoms with Gasteiger partial charge in [0.25, 0.3) is 0 Å². The molecule has 0 saturated heterocycles. The number of benzene rings is 2. The molecule has 5 rings (SSSR count). The number of thiophene rings is 1. The Morgan fingerprint density at radius 1 is 1.09 bits per heavy atom. The Kier molecular flexibility index (Phi) is 6.20. The number of hydrogen-bond donors (Lipinski definition) is 1. The van der Waals surface area contributed by atoms with Crippen LogP contribution < -0.4 is 5.32 Å². The van der Waals surface area contributed by atoms with Crippen LogP contribution in [-0.2, 0) is 32.4 Å². The van der Waals surface area contributed by atoms with Crippen LogP contribution in [0.5, 0.6) is 0 Å². The Morgan fingerprint density at radius 3 is 2.54 bits per heavy atom. The van der Waals surface area contributed by atoms with Gasteiger partial charge in [-0.25, -0.2) is 13.4 Å². The number of carbonyl (C=O) groups excluding carboxylic acids is 2. The number of nitrogens with one attached hydrogen (secondary N) is 1. The van der Waals surface area contributed by atoms with Gasteiger partial charge in [0.1, 0.15) is 15.8 Å². The SMILES string of the molecule is CC(=O)N1CCc2c(sc(NC(=O)CS(=O)(=O)c3ccc(C)cc3)c2-c2nc3ccccc3s2)C1. The predicted molar refractivity (Wildman–Crippen MR) is 140 cm³/mol. The summed E-state index contributed by atoms with van der Waals surface area (Å²) in [6.07, 6.45) is 0.647. The maximum atomic E-state index is 12.9. The second-order valence-corrected chi connectivity index (χ2v) is 12.6. The number of aryl methyl sites for hydroxylation is 1. The number of sulfone groups is 1. The second kappa shape index (κ2) is 9.18. The fourth-order valence-corrected chi connectivity index (χ4v) is 7.65. The van der Waals surface area contributed by atoms with Crippen LogP contribution in [0.15, 0.2) is 53.4 Å². The zero-order valence-electron chi connectivity index (χ0n) is 19.2. The van der Waals surface area contributed by atoms with Gasteiger partial charge in [-0.15, -0.1) is 22.7 Å². The van der Waals surface area contributed by atoms with Gasteiger partial charge in [0.15, 0.2) is 9.84 Å². The average Bonchev–Trinajstić information content (AvgIpc) is 3.38. The molecule has 2 amide bonds. The molecule has 0 aliphatic carbocycles. The van der Waals surface area contributed by atoms with Crippen molar-refractivity contribution in [3.05, 3.63) is 64.5 Å². The number of amides is 2. The summed E-state index contributed by atoms with van der Waals surface area (Å²) in [5, 5.41) is 4.20. The molecule has 0 spiro atoms. The number of para-hydroxylation sites is 1. The average molecular weight is 526 g/mol. The van der Waals surface area contributed by atoms with Crippen LogP contribution in [-0.4, -0.2) is 42.4 Å². The summed E-state index contributed by atoms with van der Waals surface area (Å²) in [7, 11) is -3.79. The minimum Gasteiger partial charge on any atom is -0.337 e. The molecule has 4 aromatic rings. The van der Waals surface area contributed by atoms with Gasteiger partial charge in [-0.2, -0.15) is 0 Å². The highest BCUT2D eigenvalue weighted by molar-refractivity contribution is 7.92. The standard InChI is InChI=1S/C25H23N3O4S3/c1-15-7-9-17(10-8-15)35(31,32)14-22(30)27-25-23(24-26-19-5-3-4-6-20(19)33-24)18-11-12-28(16(2)29)13-21(18)34-25/h3-10H,11-14H2,1-2H3,(H,27,30). The van der Waals surface area contributed by atoms with Crippen molar-refractivity contribution in [2.24, 2.45) is 0 Å². The van der Waals surface area contributed by atoms with Gasteiger partial charge in [-0.1, -0.05) is 29.8 Å². The first-order valence-electron chi connectivity index (χ1n) is 11.1. The molecule has 0 bridgehead atoms. The number of carbonyl (C=O) groups is 2. The number of nitrogens with zero attached hydrogens (tertiary/aromatic N) is 2. The maximum Gasteiger partial charge on any atom is 0.240 e. The number of thiazole rings is 1. The van der Waals surface area contributed by atoms with Crippen LogP contribution in [0.4, 0.5) is 5.00 Å². The molecule has 3 heterocycles. The molecule has 7 nitrogen and oxygen atoms in total. The molecule has 180 valence electrons. The maximum absolute atomic E-state index is 12.9. The predicted octanol–water partition coefficient (Wildman–Crippen LogP) is 4.65. The Labute approximate surface area is 211 Å². The van der Waals surface area contributed by atoms with Crippen molar-refractivity contribution in [2.75, 3.05) is 17.6 Å². The van der Waals surface area contributed by atoms with Gasteiger partial charge >= 0.3 is 0 Å². The summed E-state index contributed by atoms with van der Waals surface area (Å²) >= 11 is 2.92. The van der Waals surface area contributed by atoms with E-state index >= 15 is 0 Å². The van der Waals surface area contributed by atoms with E-state index in [1.54, 1.807) is 24.0 Å². The highest BCUT2D eigenvalue weighted by Gasteiger charge is 2.29. The van der Waals surface area contributed by atoms with E-state index in [1.165, 1.54) is 34.8 Å². The van der Waals surface area contributed by atoms with Crippen LogP contribution in [0.25, 0.3) is 20.8 Å². The molecule has 1 N–H and O–H groups in total. The minimum absolute atomic E-state index is 0.000337. The van der Waals surface area contributed by atoms with E-state index in [0.717, 1.165) is 36.8 Å². The quantitative estimate of drug-likeness (QED) is 0.409. The Bertz CT molecular complexity index is 1520. The van der Waals surface area contributed by atoms with Gasteiger partial charge < -0.3 is 10.2 Å². The summed E-state index contributed by atoms with van der Waals surface area (Å²) in [5.41, 5.74) is 3.70. The molecule has 10 heteroatoms. The number of rotatable bonds is 5. The molecule has 1 aliphatic heterocycles. The highest BCUT2D eigenvalue weighted by Crippen LogP contribution is 2.45. The number of aromatic nitrogens is 1. The summed E-state index contributed by atoms with van der Waals surface area (Å²) in [4.78, 5) is 32.6. The summed E-state index contributed by atoms with van der Waals surface area (Å²) < 4.78 is 26.7. The highest BCUT2D eigenvalue weighted by atomic mass is 32.2. The molecule has 0 radical (unpaired) electrons. The van der Waals surface area contributed by atoms with Crippen molar-refractivity contribution in [3.63, 3.8) is 0 Å². The van der Waals surface area contributed by atoms with Crippen LogP contribution in [0.3, 0.4) is 0 Å². The first kappa shape index (κ1) is 23.7. The largest absolute Gasteiger partial charge is 0.337 e. The topological polar surface area (TPSA) is 96.4 Å². The third-order valence-corrected chi connectivity index (χ3v) is 9.78. The molecule has 0 saturated carbocycles. The van der Waals surface area contributed by atoms with E-state index in [1.807, 2.05) is 31.2 Å². The molecule has 0 unspecified atom stereocenters. The van der Waals surface area contributed by atoms with Crippen LogP contribution >= 0.6 is 22.7 Å². The van der Waals surface area contributed by atoms with Crippen LogP contribution in [0.2, 0.25) is 0 Å². The van der Waals surface area contributed by atoms with Gasteiger partial charge in [-0.05, 0) is 43.2 Å². The molecule has 2 aromatic heterocycles. The fraction of sp³-hybridized carbons (Fsp3) is 0.240. The van der Waals surface area contributed by atoms with Gasteiger partial charge in [0.2, 0.25) is 11.8 Å². The van der Waals surface area contributed by atoms with Crippen molar-refractivity contribution in [1.82, 2.24) is 9.88 Å². The van der Waals surface area contributed by atoms with Crippen molar-refractivity contribution in [2.45, 2.75) is 31.7 Å². The lowest BCUT2D eigenvalue weighted by Crippen LogP contribution is -2.33. The van der Waals surface area contributed by atoms with Crippen LogP contribution in [0, 0.1) is 6.92 Å².